The minimum Gasteiger partial charge on any atom is -0.358 e. The fourth-order valence-corrected chi connectivity index (χ4v) is 4.24. The molecule has 0 bridgehead atoms. The molecule has 1 fully saturated rings. The highest BCUT2D eigenvalue weighted by molar-refractivity contribution is 5.65. The number of anilines is 1. The number of rotatable bonds is 1. The molecule has 1 saturated heterocycles. The van der Waals surface area contributed by atoms with Gasteiger partial charge in [0.25, 0.3) is 0 Å². The molecule has 0 aromatic heterocycles. The second kappa shape index (κ2) is 4.10. The number of fused-ring (bicyclic) bond motifs is 3. The third-order valence-corrected chi connectivity index (χ3v) is 5.26. The van der Waals surface area contributed by atoms with Crippen LogP contribution in [0.5, 0.6) is 0 Å². The molecule has 0 amide bonds. The third-order valence-electron chi connectivity index (χ3n) is 5.26. The summed E-state index contributed by atoms with van der Waals surface area (Å²) in [4.78, 5) is 2.40. The quantitative estimate of drug-likeness (QED) is 0.851. The first kappa shape index (κ1) is 12.0. The first-order valence-electron chi connectivity index (χ1n) is 7.33. The maximum Gasteiger partial charge on any atom is 0.0895 e. The first-order chi connectivity index (χ1) is 9.73. The average Bonchev–Trinajstić information content (AvgIpc) is 2.95. The van der Waals surface area contributed by atoms with Gasteiger partial charge < -0.3 is 4.90 Å². The lowest BCUT2D eigenvalue weighted by Crippen LogP contribution is -2.45. The summed E-state index contributed by atoms with van der Waals surface area (Å²) in [6, 6.07) is 19.8. The van der Waals surface area contributed by atoms with Crippen molar-refractivity contribution >= 4 is 5.69 Å². The van der Waals surface area contributed by atoms with Crippen LogP contribution in [0.2, 0.25) is 0 Å². The van der Waals surface area contributed by atoms with Gasteiger partial charge in [0.15, 0.2) is 0 Å². The van der Waals surface area contributed by atoms with Gasteiger partial charge in [0.1, 0.15) is 0 Å². The zero-order valence-corrected chi connectivity index (χ0v) is 12.0. The molecule has 20 heavy (non-hydrogen) atoms. The van der Waals surface area contributed by atoms with Crippen molar-refractivity contribution in [2.75, 3.05) is 18.5 Å². The van der Waals surface area contributed by atoms with Gasteiger partial charge in [-0.1, -0.05) is 55.5 Å². The predicted molar refractivity (Wildman–Crippen MR) is 83.2 cm³/mol. The summed E-state index contributed by atoms with van der Waals surface area (Å²) in [5.41, 5.74) is 4.43. The van der Waals surface area contributed by atoms with Crippen LogP contribution in [0.25, 0.3) is 0 Å². The van der Waals surface area contributed by atoms with Crippen molar-refractivity contribution in [2.24, 2.45) is 0 Å². The van der Waals surface area contributed by atoms with Crippen molar-refractivity contribution in [3.05, 3.63) is 65.7 Å². The lowest BCUT2D eigenvalue weighted by atomic mass is 9.71. The molecule has 2 nitrogen and oxygen atoms in total. The number of likely N-dealkylation sites (N-methyl/N-ethyl adjacent to an activating group) is 1. The van der Waals surface area contributed by atoms with Gasteiger partial charge in [0, 0.05) is 30.6 Å². The molecule has 0 saturated carbocycles. The molecule has 2 heteroatoms. The maximum atomic E-state index is 3.73. The normalized spacial score (nSPS) is 31.2. The van der Waals surface area contributed by atoms with Gasteiger partial charge in [0.05, 0.1) is 6.17 Å². The van der Waals surface area contributed by atoms with Gasteiger partial charge >= 0.3 is 0 Å². The monoisotopic (exact) mass is 264 g/mol. The van der Waals surface area contributed by atoms with E-state index in [4.69, 9.17) is 0 Å². The topological polar surface area (TPSA) is 15.3 Å². The Morgan fingerprint density at radius 2 is 1.75 bits per heavy atom. The Hall–Kier alpha value is -1.80. The van der Waals surface area contributed by atoms with Crippen LogP contribution >= 0.6 is 0 Å². The Morgan fingerprint density at radius 3 is 2.55 bits per heavy atom. The summed E-state index contributed by atoms with van der Waals surface area (Å²) < 4.78 is 0. The maximum absolute atomic E-state index is 3.73. The van der Waals surface area contributed by atoms with Crippen molar-refractivity contribution in [3.63, 3.8) is 0 Å². The highest BCUT2D eigenvalue weighted by Gasteiger charge is 2.55. The summed E-state index contributed by atoms with van der Waals surface area (Å²) >= 11 is 0. The highest BCUT2D eigenvalue weighted by Crippen LogP contribution is 2.53. The van der Waals surface area contributed by atoms with Gasteiger partial charge in [-0.05, 0) is 17.2 Å². The van der Waals surface area contributed by atoms with Crippen LogP contribution in [-0.4, -0.2) is 19.8 Å². The molecule has 3 unspecified atom stereocenters. The van der Waals surface area contributed by atoms with Crippen molar-refractivity contribution in [2.45, 2.75) is 24.4 Å². The van der Waals surface area contributed by atoms with Gasteiger partial charge in [-0.15, -0.1) is 0 Å². The largest absolute Gasteiger partial charge is 0.358 e. The Kier molecular flexibility index (Phi) is 2.45. The Labute approximate surface area is 120 Å². The molecular formula is C18H20N2. The molecule has 2 heterocycles. The molecule has 2 aliphatic heterocycles. The van der Waals surface area contributed by atoms with E-state index >= 15 is 0 Å². The first-order valence-corrected chi connectivity index (χ1v) is 7.33. The molecule has 0 radical (unpaired) electrons. The van der Waals surface area contributed by atoms with Gasteiger partial charge in [-0.3, -0.25) is 5.32 Å². The summed E-state index contributed by atoms with van der Waals surface area (Å²) in [7, 11) is 2.20. The molecule has 2 aromatic rings. The summed E-state index contributed by atoms with van der Waals surface area (Å²) in [5.74, 6) is 0.528. The van der Waals surface area contributed by atoms with E-state index in [1.54, 1.807) is 0 Å². The van der Waals surface area contributed by atoms with E-state index in [1.807, 2.05) is 0 Å². The van der Waals surface area contributed by atoms with E-state index in [0.29, 0.717) is 12.1 Å². The second-order valence-corrected chi connectivity index (χ2v) is 6.18. The minimum absolute atomic E-state index is 0.146. The Bertz CT molecular complexity index is 637. The van der Waals surface area contributed by atoms with Crippen molar-refractivity contribution in [1.82, 2.24) is 5.32 Å². The molecule has 0 aliphatic carbocycles. The predicted octanol–water partition coefficient (Wildman–Crippen LogP) is 3.11. The van der Waals surface area contributed by atoms with Crippen LogP contribution in [0.3, 0.4) is 0 Å². The van der Waals surface area contributed by atoms with Crippen molar-refractivity contribution in [1.29, 1.82) is 0 Å². The Balaban J connectivity index is 1.88. The lowest BCUT2D eigenvalue weighted by Gasteiger charge is -2.32. The summed E-state index contributed by atoms with van der Waals surface area (Å²) in [6.45, 7) is 3.46. The van der Waals surface area contributed by atoms with E-state index < -0.39 is 0 Å². The van der Waals surface area contributed by atoms with Crippen LogP contribution in [0.1, 0.15) is 24.0 Å². The minimum atomic E-state index is 0.146. The summed E-state index contributed by atoms with van der Waals surface area (Å²) in [5, 5.41) is 3.73. The molecule has 2 aliphatic rings. The zero-order chi connectivity index (χ0) is 13.7. The third kappa shape index (κ3) is 1.37. The van der Waals surface area contributed by atoms with Crippen LogP contribution in [0.15, 0.2) is 54.6 Å². The molecule has 102 valence electrons. The van der Waals surface area contributed by atoms with E-state index in [9.17, 15) is 0 Å². The standard InChI is InChI=1S/C18H20N2/c1-18-14-10-6-7-11-16(14)20(2)17(18)19-12-15(18)13-8-4-3-5-9-13/h3-11,15,17,19H,12H2,1-2H3. The number of para-hydroxylation sites is 1. The molecule has 3 atom stereocenters. The van der Waals surface area contributed by atoms with Crippen molar-refractivity contribution < 1.29 is 0 Å². The van der Waals surface area contributed by atoms with E-state index in [0.717, 1.165) is 6.54 Å². The van der Waals surface area contributed by atoms with Gasteiger partial charge in [-0.25, -0.2) is 0 Å². The van der Waals surface area contributed by atoms with E-state index in [2.05, 4.69) is 78.8 Å². The molecular weight excluding hydrogens is 244 g/mol. The smallest absolute Gasteiger partial charge is 0.0895 e. The average molecular weight is 264 g/mol. The number of benzene rings is 2. The second-order valence-electron chi connectivity index (χ2n) is 6.18. The fraction of sp³-hybridized carbons (Fsp3) is 0.333. The molecule has 2 aromatic carbocycles. The van der Waals surface area contributed by atoms with E-state index in [1.165, 1.54) is 16.8 Å². The number of hydrogen-bond donors (Lipinski definition) is 1. The highest BCUT2D eigenvalue weighted by atomic mass is 15.3. The molecule has 4 rings (SSSR count). The van der Waals surface area contributed by atoms with Crippen molar-refractivity contribution in [3.8, 4) is 0 Å². The zero-order valence-electron chi connectivity index (χ0n) is 12.0. The van der Waals surface area contributed by atoms with Crippen LogP contribution in [0.4, 0.5) is 5.69 Å². The fourth-order valence-electron chi connectivity index (χ4n) is 4.24. The van der Waals surface area contributed by atoms with Crippen LogP contribution < -0.4 is 10.2 Å². The van der Waals surface area contributed by atoms with Gasteiger partial charge in [-0.2, -0.15) is 0 Å². The number of nitrogens with zero attached hydrogens (tertiary/aromatic N) is 1. The number of hydrogen-bond acceptors (Lipinski definition) is 2. The molecule has 0 spiro atoms. The van der Waals surface area contributed by atoms with E-state index in [-0.39, 0.29) is 5.41 Å². The number of nitrogens with one attached hydrogen (secondary N) is 1. The lowest BCUT2D eigenvalue weighted by molar-refractivity contribution is 0.398. The SMILES string of the molecule is CN1c2ccccc2C2(C)C(c3ccccc3)CNC12. The Morgan fingerprint density at radius 1 is 1.05 bits per heavy atom. The summed E-state index contributed by atoms with van der Waals surface area (Å²) in [6.07, 6.45) is 0.394. The van der Waals surface area contributed by atoms with Crippen LogP contribution in [-0.2, 0) is 5.41 Å². The molecule has 1 N–H and O–H groups in total. The van der Waals surface area contributed by atoms with Crippen LogP contribution in [0, 0.1) is 0 Å². The van der Waals surface area contributed by atoms with Gasteiger partial charge in [0.2, 0.25) is 0 Å².